The molecule has 5 nitrogen and oxygen atoms in total. The van der Waals surface area contributed by atoms with E-state index >= 15 is 0 Å². The molecule has 1 aliphatic rings. The average Bonchev–Trinajstić information content (AvgIpc) is 3.10. The summed E-state index contributed by atoms with van der Waals surface area (Å²) in [5.74, 6) is 0.521. The summed E-state index contributed by atoms with van der Waals surface area (Å²) < 4.78 is 12.4. The fourth-order valence-electron chi connectivity index (χ4n) is 2.99. The van der Waals surface area contributed by atoms with Gasteiger partial charge < -0.3 is 9.47 Å². The normalized spacial score (nSPS) is 13.3. The Morgan fingerprint density at radius 2 is 2.00 bits per heavy atom. The Kier molecular flexibility index (Phi) is 2.69. The highest BCUT2D eigenvalue weighted by molar-refractivity contribution is 6.08. The molecule has 0 unspecified atom stereocenters. The number of hydrogen-bond acceptors (Lipinski definition) is 3. The Balaban J connectivity index is 2.06. The number of esters is 1. The third-order valence-corrected chi connectivity index (χ3v) is 4.11. The van der Waals surface area contributed by atoms with Crippen LogP contribution in [0.3, 0.4) is 0 Å². The van der Waals surface area contributed by atoms with Gasteiger partial charge in [-0.25, -0.2) is 14.3 Å². The van der Waals surface area contributed by atoms with E-state index in [2.05, 4.69) is 4.98 Å². The lowest BCUT2D eigenvalue weighted by atomic mass is 9.95. The molecule has 0 spiro atoms. The molecule has 0 saturated heterocycles. The number of carbonyl (C=O) groups excluding carboxylic acids is 1. The molecule has 5 heteroatoms. The predicted molar refractivity (Wildman–Crippen MR) is 80.6 cm³/mol. The van der Waals surface area contributed by atoms with Gasteiger partial charge in [0, 0.05) is 11.1 Å². The van der Waals surface area contributed by atoms with Crippen LogP contribution in [-0.4, -0.2) is 18.1 Å². The fraction of sp³-hybridized carbons (Fsp3) is 0.176. The van der Waals surface area contributed by atoms with Gasteiger partial charge in [0.2, 0.25) is 6.33 Å². The van der Waals surface area contributed by atoms with E-state index < -0.39 is 0 Å². The molecular formula is C17H15N2O3+. The Bertz CT molecular complexity index is 894. The SMILES string of the molecule is COc1ccc(-c2c3c(cc4c2[nH]c[n+]4C)COC3=O)cc1. The van der Waals surface area contributed by atoms with E-state index in [4.69, 9.17) is 9.47 Å². The van der Waals surface area contributed by atoms with Gasteiger partial charge in [-0.3, -0.25) is 0 Å². The molecule has 0 bridgehead atoms. The van der Waals surface area contributed by atoms with Crippen molar-refractivity contribution in [3.05, 3.63) is 47.8 Å². The van der Waals surface area contributed by atoms with Crippen LogP contribution < -0.4 is 9.30 Å². The van der Waals surface area contributed by atoms with Crippen LogP contribution in [0.25, 0.3) is 22.2 Å². The molecule has 2 aromatic carbocycles. The second-order valence-electron chi connectivity index (χ2n) is 5.37. The van der Waals surface area contributed by atoms with Gasteiger partial charge in [0.05, 0.1) is 19.7 Å². The zero-order valence-electron chi connectivity index (χ0n) is 12.3. The third kappa shape index (κ3) is 1.72. The summed E-state index contributed by atoms with van der Waals surface area (Å²) in [6.45, 7) is 0.332. The quantitative estimate of drug-likeness (QED) is 0.583. The molecule has 0 radical (unpaired) electrons. The highest BCUT2D eigenvalue weighted by Crippen LogP contribution is 2.36. The van der Waals surface area contributed by atoms with E-state index in [0.717, 1.165) is 33.5 Å². The standard InChI is InChI=1S/C17H14N2O3/c1-19-9-18-16-13(19)7-11-8-22-17(20)15(11)14(16)10-3-5-12(21-2)6-4-10/h3-7,9H,8H2,1-2H3/p+1. The second-order valence-corrected chi connectivity index (χ2v) is 5.37. The number of cyclic esters (lactones) is 1. The highest BCUT2D eigenvalue weighted by atomic mass is 16.5. The summed E-state index contributed by atoms with van der Waals surface area (Å²) in [4.78, 5) is 15.4. The van der Waals surface area contributed by atoms with Gasteiger partial charge in [0.1, 0.15) is 12.4 Å². The van der Waals surface area contributed by atoms with E-state index in [1.807, 2.05) is 48.3 Å². The van der Waals surface area contributed by atoms with Crippen molar-refractivity contribution >= 4 is 17.0 Å². The van der Waals surface area contributed by atoms with Crippen LogP contribution in [0.5, 0.6) is 5.75 Å². The van der Waals surface area contributed by atoms with Gasteiger partial charge in [-0.15, -0.1) is 0 Å². The van der Waals surface area contributed by atoms with Crippen molar-refractivity contribution in [3.8, 4) is 16.9 Å². The van der Waals surface area contributed by atoms with Crippen LogP contribution in [0.2, 0.25) is 0 Å². The molecule has 1 aliphatic heterocycles. The van der Waals surface area contributed by atoms with Gasteiger partial charge in [0.15, 0.2) is 11.0 Å². The van der Waals surface area contributed by atoms with Crippen LogP contribution in [-0.2, 0) is 18.4 Å². The van der Waals surface area contributed by atoms with Gasteiger partial charge in [0.25, 0.3) is 0 Å². The van der Waals surface area contributed by atoms with Crippen LogP contribution in [0, 0.1) is 0 Å². The number of ether oxygens (including phenoxy) is 2. The topological polar surface area (TPSA) is 55.2 Å². The Hall–Kier alpha value is -2.82. The number of H-pyrrole nitrogens is 1. The Morgan fingerprint density at radius 3 is 2.73 bits per heavy atom. The predicted octanol–water partition coefficient (Wildman–Crippen LogP) is 2.34. The van der Waals surface area contributed by atoms with Crippen LogP contribution >= 0.6 is 0 Å². The number of benzene rings is 2. The van der Waals surface area contributed by atoms with Gasteiger partial charge >= 0.3 is 5.97 Å². The summed E-state index contributed by atoms with van der Waals surface area (Å²) in [5, 5.41) is 0. The molecule has 1 aromatic heterocycles. The summed E-state index contributed by atoms with van der Waals surface area (Å²) in [6.07, 6.45) is 1.89. The molecule has 0 fully saturated rings. The van der Waals surface area contributed by atoms with Crippen molar-refractivity contribution < 1.29 is 18.8 Å². The minimum absolute atomic E-state index is 0.264. The number of nitrogens with zero attached hydrogens (tertiary/aromatic N) is 1. The van der Waals surface area contributed by atoms with Crippen LogP contribution in [0.4, 0.5) is 0 Å². The first kappa shape index (κ1) is 12.9. The van der Waals surface area contributed by atoms with E-state index in [1.165, 1.54) is 0 Å². The van der Waals surface area contributed by atoms with E-state index in [9.17, 15) is 4.79 Å². The van der Waals surface area contributed by atoms with Crippen molar-refractivity contribution in [1.29, 1.82) is 0 Å². The summed E-state index contributed by atoms with van der Waals surface area (Å²) >= 11 is 0. The van der Waals surface area contributed by atoms with Crippen LogP contribution in [0.15, 0.2) is 36.7 Å². The van der Waals surface area contributed by atoms with Crippen molar-refractivity contribution in [2.75, 3.05) is 7.11 Å². The van der Waals surface area contributed by atoms with E-state index in [1.54, 1.807) is 7.11 Å². The van der Waals surface area contributed by atoms with Gasteiger partial charge in [-0.2, -0.15) is 0 Å². The lowest BCUT2D eigenvalue weighted by molar-refractivity contribution is -0.644. The molecule has 0 amide bonds. The van der Waals surface area contributed by atoms with Crippen LogP contribution in [0.1, 0.15) is 15.9 Å². The highest BCUT2D eigenvalue weighted by Gasteiger charge is 2.30. The fourth-order valence-corrected chi connectivity index (χ4v) is 2.99. The second kappa shape index (κ2) is 4.59. The summed E-state index contributed by atoms with van der Waals surface area (Å²) in [5.41, 5.74) is 5.41. The molecule has 3 aromatic rings. The number of aromatic nitrogens is 2. The van der Waals surface area contributed by atoms with Gasteiger partial charge in [-0.05, 0) is 23.8 Å². The molecule has 4 rings (SSSR count). The molecule has 0 saturated carbocycles. The first-order chi connectivity index (χ1) is 10.7. The minimum atomic E-state index is -0.264. The summed E-state index contributed by atoms with van der Waals surface area (Å²) in [6, 6.07) is 9.72. The lowest BCUT2D eigenvalue weighted by Crippen LogP contribution is -2.25. The zero-order valence-corrected chi connectivity index (χ0v) is 12.3. The molecule has 22 heavy (non-hydrogen) atoms. The summed E-state index contributed by atoms with van der Waals surface area (Å²) in [7, 11) is 3.61. The molecule has 1 N–H and O–H groups in total. The first-order valence-corrected chi connectivity index (χ1v) is 7.03. The van der Waals surface area contributed by atoms with Crippen molar-refractivity contribution in [2.45, 2.75) is 6.61 Å². The Morgan fingerprint density at radius 1 is 1.23 bits per heavy atom. The van der Waals surface area contributed by atoms with E-state index in [0.29, 0.717) is 12.2 Å². The number of fused-ring (bicyclic) bond motifs is 2. The van der Waals surface area contributed by atoms with Crippen molar-refractivity contribution in [2.24, 2.45) is 7.05 Å². The number of hydrogen-bond donors (Lipinski definition) is 1. The molecule has 110 valence electrons. The van der Waals surface area contributed by atoms with Gasteiger partial charge in [-0.1, -0.05) is 12.1 Å². The largest absolute Gasteiger partial charge is 0.497 e. The number of carbonyl (C=O) groups is 1. The molecule has 0 atom stereocenters. The number of aryl methyl sites for hydroxylation is 1. The Labute approximate surface area is 127 Å². The maximum absolute atomic E-state index is 12.2. The minimum Gasteiger partial charge on any atom is -0.497 e. The number of methoxy groups -OCH3 is 1. The number of imidazole rings is 1. The molecular weight excluding hydrogens is 280 g/mol. The first-order valence-electron chi connectivity index (χ1n) is 7.03. The maximum atomic E-state index is 12.2. The third-order valence-electron chi connectivity index (χ3n) is 4.11. The smallest absolute Gasteiger partial charge is 0.339 e. The van der Waals surface area contributed by atoms with Crippen molar-refractivity contribution in [1.82, 2.24) is 4.98 Å². The number of aromatic amines is 1. The van der Waals surface area contributed by atoms with Crippen molar-refractivity contribution in [3.63, 3.8) is 0 Å². The maximum Gasteiger partial charge on any atom is 0.339 e. The molecule has 0 aliphatic carbocycles. The zero-order chi connectivity index (χ0) is 15.3. The molecule has 2 heterocycles. The lowest BCUT2D eigenvalue weighted by Gasteiger charge is -2.07. The van der Waals surface area contributed by atoms with E-state index in [-0.39, 0.29) is 5.97 Å². The monoisotopic (exact) mass is 295 g/mol. The number of nitrogens with one attached hydrogen (secondary N) is 1. The average molecular weight is 295 g/mol. The number of rotatable bonds is 2.